The Bertz CT molecular complexity index is 482. The lowest BCUT2D eigenvalue weighted by Gasteiger charge is -2.29. The molecule has 0 amide bonds. The first-order chi connectivity index (χ1) is 10.2. The second-order valence-electron chi connectivity index (χ2n) is 6.27. The Kier molecular flexibility index (Phi) is 7.13. The van der Waals surface area contributed by atoms with Crippen LogP contribution in [0, 0.1) is 0 Å². The molecule has 0 heterocycles. The zero-order valence-corrected chi connectivity index (χ0v) is 13.2. The van der Waals surface area contributed by atoms with Gasteiger partial charge in [-0.2, -0.15) is 0 Å². The van der Waals surface area contributed by atoms with Crippen LogP contribution in [0.15, 0.2) is 0 Å². The van der Waals surface area contributed by atoms with Crippen LogP contribution < -0.4 is 0 Å². The molecule has 0 aliphatic rings. The largest absolute Gasteiger partial charge is 0.481 e. The molecule has 0 fully saturated rings. The highest BCUT2D eigenvalue weighted by Gasteiger charge is 2.42. The first kappa shape index (κ1) is 20.8. The number of carbonyl (C=O) groups is 4. The summed E-state index contributed by atoms with van der Waals surface area (Å²) in [6, 6.07) is 0. The Morgan fingerprint density at radius 2 is 1.52 bits per heavy atom. The van der Waals surface area contributed by atoms with Gasteiger partial charge in [-0.15, -0.1) is 0 Å². The van der Waals surface area contributed by atoms with Gasteiger partial charge < -0.3 is 29.6 Å². The van der Waals surface area contributed by atoms with Crippen LogP contribution in [0.4, 0.5) is 0 Å². The number of aliphatic carboxylic acids is 3. The molecule has 0 aliphatic heterocycles. The van der Waals surface area contributed by atoms with Crippen molar-refractivity contribution in [2.45, 2.75) is 31.0 Å². The molecule has 2 unspecified atom stereocenters. The lowest BCUT2D eigenvalue weighted by molar-refractivity contribution is -0.873. The molecular weight excluding hydrogens is 314 g/mol. The number of hydrogen-bond donors (Lipinski definition) is 4. The summed E-state index contributed by atoms with van der Waals surface area (Å²) in [6.07, 6.45) is -3.81. The second kappa shape index (κ2) is 7.88. The zero-order valence-electron chi connectivity index (χ0n) is 13.2. The SMILES string of the molecule is C[N+](C)(C)CC(CC(=O)O)OC(=O)CC(O)(CC(=O)O)C(=O)O. The lowest BCUT2D eigenvalue weighted by Crippen LogP contribution is -2.46. The quantitative estimate of drug-likeness (QED) is 0.283. The molecule has 23 heavy (non-hydrogen) atoms. The maximum atomic E-state index is 11.8. The smallest absolute Gasteiger partial charge is 0.336 e. The third kappa shape index (κ3) is 8.73. The van der Waals surface area contributed by atoms with E-state index in [0.717, 1.165) is 0 Å². The Hall–Kier alpha value is -2.20. The monoisotopic (exact) mass is 336 g/mol. The molecule has 0 radical (unpaired) electrons. The van der Waals surface area contributed by atoms with E-state index in [1.807, 2.05) is 0 Å². The van der Waals surface area contributed by atoms with Crippen molar-refractivity contribution in [2.24, 2.45) is 0 Å². The normalized spacial score (nSPS) is 15.3. The summed E-state index contributed by atoms with van der Waals surface area (Å²) in [5, 5.41) is 36.1. The molecule has 0 bridgehead atoms. The maximum absolute atomic E-state index is 11.8. The standard InChI is InChI=1S/C13H21NO9/c1-14(2,3)7-8(4-9(15)16)23-11(19)6-13(22,12(20)21)5-10(17)18/h8,22H,4-7H2,1-3H3,(H2-,15,16,17,18,20,21)/p+1. The van der Waals surface area contributed by atoms with Crippen molar-refractivity contribution in [2.75, 3.05) is 27.7 Å². The topological polar surface area (TPSA) is 158 Å². The van der Waals surface area contributed by atoms with Crippen LogP contribution in [0.3, 0.4) is 0 Å². The van der Waals surface area contributed by atoms with E-state index in [1.165, 1.54) is 0 Å². The summed E-state index contributed by atoms with van der Waals surface area (Å²) >= 11 is 0. The molecule has 2 atom stereocenters. The van der Waals surface area contributed by atoms with E-state index in [2.05, 4.69) is 0 Å². The Balaban J connectivity index is 4.99. The van der Waals surface area contributed by atoms with Crippen LogP contribution in [0.1, 0.15) is 19.3 Å². The number of quaternary nitrogens is 1. The minimum atomic E-state index is -2.81. The lowest BCUT2D eigenvalue weighted by atomic mass is 9.96. The van der Waals surface area contributed by atoms with Crippen molar-refractivity contribution in [1.82, 2.24) is 0 Å². The van der Waals surface area contributed by atoms with Crippen molar-refractivity contribution in [3.05, 3.63) is 0 Å². The molecule has 10 nitrogen and oxygen atoms in total. The fraction of sp³-hybridized carbons (Fsp3) is 0.692. The van der Waals surface area contributed by atoms with Gasteiger partial charge in [0, 0.05) is 0 Å². The van der Waals surface area contributed by atoms with Crippen molar-refractivity contribution in [3.63, 3.8) is 0 Å². The van der Waals surface area contributed by atoms with Gasteiger partial charge in [-0.05, 0) is 0 Å². The van der Waals surface area contributed by atoms with E-state index >= 15 is 0 Å². The van der Waals surface area contributed by atoms with Crippen molar-refractivity contribution >= 4 is 23.9 Å². The molecule has 10 heteroatoms. The number of rotatable bonds is 10. The average Bonchev–Trinajstić information content (AvgIpc) is 2.22. The summed E-state index contributed by atoms with van der Waals surface area (Å²) in [7, 11) is 5.21. The molecule has 0 saturated heterocycles. The molecule has 0 aromatic carbocycles. The molecule has 0 rings (SSSR count). The van der Waals surface area contributed by atoms with Gasteiger partial charge in [0.2, 0.25) is 0 Å². The predicted octanol–water partition coefficient (Wildman–Crippen LogP) is -1.24. The second-order valence-corrected chi connectivity index (χ2v) is 6.27. The van der Waals surface area contributed by atoms with E-state index in [4.69, 9.17) is 20.1 Å². The van der Waals surface area contributed by atoms with Gasteiger partial charge in [0.1, 0.15) is 6.54 Å². The first-order valence-corrected chi connectivity index (χ1v) is 6.64. The van der Waals surface area contributed by atoms with E-state index in [0.29, 0.717) is 0 Å². The number of ether oxygens (including phenoxy) is 1. The molecule has 4 N–H and O–H groups in total. The fourth-order valence-electron chi connectivity index (χ4n) is 1.88. The summed E-state index contributed by atoms with van der Waals surface area (Å²) < 4.78 is 5.19. The number of aliphatic hydroxyl groups is 1. The van der Waals surface area contributed by atoms with Crippen LogP contribution in [0.25, 0.3) is 0 Å². The van der Waals surface area contributed by atoms with E-state index in [-0.39, 0.29) is 11.0 Å². The molecule has 0 aliphatic carbocycles. The van der Waals surface area contributed by atoms with Gasteiger partial charge in [0.15, 0.2) is 11.7 Å². The van der Waals surface area contributed by atoms with Crippen molar-refractivity contribution in [1.29, 1.82) is 0 Å². The predicted molar refractivity (Wildman–Crippen MR) is 74.5 cm³/mol. The van der Waals surface area contributed by atoms with Crippen LogP contribution >= 0.6 is 0 Å². The molecule has 0 spiro atoms. The van der Waals surface area contributed by atoms with Gasteiger partial charge in [-0.3, -0.25) is 14.4 Å². The molecule has 132 valence electrons. The fourth-order valence-corrected chi connectivity index (χ4v) is 1.88. The number of likely N-dealkylation sites (N-methyl/N-ethyl adjacent to an activating group) is 1. The highest BCUT2D eigenvalue weighted by molar-refractivity contribution is 5.88. The number of carboxylic acid groups (broad SMARTS) is 3. The molecule has 0 saturated carbocycles. The van der Waals surface area contributed by atoms with Crippen molar-refractivity contribution in [3.8, 4) is 0 Å². The summed E-state index contributed by atoms with van der Waals surface area (Å²) in [6.45, 7) is 0.141. The molecular formula is C13H22NO9+. The van der Waals surface area contributed by atoms with Crippen LogP contribution in [-0.4, -0.2) is 88.2 Å². The third-order valence-electron chi connectivity index (χ3n) is 2.73. The summed E-state index contributed by atoms with van der Waals surface area (Å²) in [5.74, 6) is -5.87. The highest BCUT2D eigenvalue weighted by atomic mass is 16.5. The number of nitrogens with zero attached hydrogens (tertiary/aromatic N) is 1. The van der Waals surface area contributed by atoms with Crippen LogP contribution in [-0.2, 0) is 23.9 Å². The van der Waals surface area contributed by atoms with Gasteiger partial charge in [-0.25, -0.2) is 4.79 Å². The Morgan fingerprint density at radius 3 is 1.87 bits per heavy atom. The van der Waals surface area contributed by atoms with E-state index < -0.39 is 54.8 Å². The molecule has 0 aromatic rings. The van der Waals surface area contributed by atoms with Gasteiger partial charge in [-0.1, -0.05) is 0 Å². The van der Waals surface area contributed by atoms with E-state index in [1.54, 1.807) is 21.1 Å². The van der Waals surface area contributed by atoms with Gasteiger partial charge in [0.05, 0.1) is 40.4 Å². The Morgan fingerprint density at radius 1 is 1.00 bits per heavy atom. The van der Waals surface area contributed by atoms with Gasteiger partial charge in [0.25, 0.3) is 0 Å². The summed E-state index contributed by atoms with van der Waals surface area (Å²) in [5.41, 5.74) is -2.81. The highest BCUT2D eigenvalue weighted by Crippen LogP contribution is 2.18. The first-order valence-electron chi connectivity index (χ1n) is 6.64. The van der Waals surface area contributed by atoms with Gasteiger partial charge >= 0.3 is 23.9 Å². The zero-order chi connectivity index (χ0) is 18.4. The average molecular weight is 336 g/mol. The Labute approximate surface area is 132 Å². The number of carbonyl (C=O) groups excluding carboxylic acids is 1. The molecule has 0 aromatic heterocycles. The third-order valence-corrected chi connectivity index (χ3v) is 2.73. The minimum absolute atomic E-state index is 0.141. The van der Waals surface area contributed by atoms with Crippen molar-refractivity contribution < 1.29 is 48.8 Å². The summed E-state index contributed by atoms with van der Waals surface area (Å²) in [4.78, 5) is 44.1. The van der Waals surface area contributed by atoms with Crippen LogP contribution in [0.5, 0.6) is 0 Å². The van der Waals surface area contributed by atoms with Crippen LogP contribution in [0.2, 0.25) is 0 Å². The number of esters is 1. The number of hydrogen-bond acceptors (Lipinski definition) is 6. The minimum Gasteiger partial charge on any atom is -0.481 e. The maximum Gasteiger partial charge on any atom is 0.336 e. The van der Waals surface area contributed by atoms with E-state index in [9.17, 15) is 24.3 Å². The number of carboxylic acids is 3.